The molecule has 0 radical (unpaired) electrons. The van der Waals surface area contributed by atoms with Crippen molar-refractivity contribution in [1.82, 2.24) is 10.2 Å². The maximum Gasteiger partial charge on any atom is 0.0765 e. The van der Waals surface area contributed by atoms with Crippen molar-refractivity contribution in [1.29, 1.82) is 0 Å². The zero-order chi connectivity index (χ0) is 12.6. The van der Waals surface area contributed by atoms with Gasteiger partial charge >= 0.3 is 0 Å². The van der Waals surface area contributed by atoms with Crippen LogP contribution >= 0.6 is 0 Å². The molecule has 1 heterocycles. The van der Waals surface area contributed by atoms with Crippen molar-refractivity contribution in [3.63, 3.8) is 0 Å². The van der Waals surface area contributed by atoms with Crippen molar-refractivity contribution < 1.29 is 9.84 Å². The minimum Gasteiger partial charge on any atom is -0.389 e. The molecule has 1 fully saturated rings. The number of hydrogen-bond acceptors (Lipinski definition) is 4. The Kier molecular flexibility index (Phi) is 7.04. The number of aliphatic hydroxyl groups is 1. The summed E-state index contributed by atoms with van der Waals surface area (Å²) in [5.74, 6) is 0. The quantitative estimate of drug-likeness (QED) is 0.590. The second-order valence-corrected chi connectivity index (χ2v) is 5.32. The topological polar surface area (TPSA) is 44.7 Å². The van der Waals surface area contributed by atoms with Crippen LogP contribution in [0.5, 0.6) is 0 Å². The summed E-state index contributed by atoms with van der Waals surface area (Å²) in [7, 11) is 1.67. The van der Waals surface area contributed by atoms with Crippen LogP contribution in [0.1, 0.15) is 32.6 Å². The molecule has 17 heavy (non-hydrogen) atoms. The van der Waals surface area contributed by atoms with Crippen LogP contribution in [-0.2, 0) is 4.74 Å². The Hall–Kier alpha value is -0.160. The van der Waals surface area contributed by atoms with E-state index in [0.717, 1.165) is 6.54 Å². The number of nitrogens with zero attached hydrogens (tertiary/aromatic N) is 1. The van der Waals surface area contributed by atoms with Crippen molar-refractivity contribution in [3.8, 4) is 0 Å². The number of hydrogen-bond donors (Lipinski definition) is 2. The molecule has 0 amide bonds. The first-order valence-corrected chi connectivity index (χ1v) is 6.78. The lowest BCUT2D eigenvalue weighted by Gasteiger charge is -2.23. The van der Waals surface area contributed by atoms with E-state index < -0.39 is 5.60 Å². The Labute approximate surface area is 105 Å². The molecule has 0 saturated carbocycles. The predicted molar refractivity (Wildman–Crippen MR) is 70.3 cm³/mol. The molecule has 1 rings (SSSR count). The average Bonchev–Trinajstić information content (AvgIpc) is 2.79. The highest BCUT2D eigenvalue weighted by molar-refractivity contribution is 4.75. The van der Waals surface area contributed by atoms with Gasteiger partial charge in [-0.2, -0.15) is 0 Å². The molecule has 102 valence electrons. The number of methoxy groups -OCH3 is 1. The van der Waals surface area contributed by atoms with E-state index in [1.165, 1.54) is 38.9 Å². The van der Waals surface area contributed by atoms with E-state index in [1.54, 1.807) is 7.11 Å². The molecule has 0 spiro atoms. The molecule has 4 heteroatoms. The highest BCUT2D eigenvalue weighted by atomic mass is 16.5. The lowest BCUT2D eigenvalue weighted by molar-refractivity contribution is 0.0250. The molecule has 0 aromatic rings. The van der Waals surface area contributed by atoms with E-state index in [0.29, 0.717) is 19.6 Å². The van der Waals surface area contributed by atoms with Crippen LogP contribution in [0.4, 0.5) is 0 Å². The Morgan fingerprint density at radius 2 is 2.06 bits per heavy atom. The molecule has 1 atom stereocenters. The molecule has 1 unspecified atom stereocenters. The monoisotopic (exact) mass is 244 g/mol. The van der Waals surface area contributed by atoms with E-state index in [2.05, 4.69) is 10.2 Å². The van der Waals surface area contributed by atoms with Crippen LogP contribution in [0.3, 0.4) is 0 Å². The lowest BCUT2D eigenvalue weighted by Crippen LogP contribution is -2.39. The summed E-state index contributed by atoms with van der Waals surface area (Å²) in [4.78, 5) is 2.52. The van der Waals surface area contributed by atoms with Crippen molar-refractivity contribution >= 4 is 0 Å². The van der Waals surface area contributed by atoms with Gasteiger partial charge in [-0.05, 0) is 52.4 Å². The van der Waals surface area contributed by atoms with Crippen LogP contribution < -0.4 is 5.32 Å². The standard InChI is InChI=1S/C13H28N2O2/c1-13(16,6-11-17-2)12-14-7-5-10-15-8-3-4-9-15/h14,16H,3-12H2,1-2H3. The summed E-state index contributed by atoms with van der Waals surface area (Å²) < 4.78 is 4.98. The van der Waals surface area contributed by atoms with Crippen molar-refractivity contribution in [2.75, 3.05) is 46.4 Å². The highest BCUT2D eigenvalue weighted by Crippen LogP contribution is 2.08. The van der Waals surface area contributed by atoms with Crippen LogP contribution in [-0.4, -0.2) is 62.0 Å². The Morgan fingerprint density at radius 1 is 1.35 bits per heavy atom. The second kappa shape index (κ2) is 8.03. The van der Waals surface area contributed by atoms with E-state index in [1.807, 2.05) is 6.92 Å². The zero-order valence-electron chi connectivity index (χ0n) is 11.4. The van der Waals surface area contributed by atoms with Gasteiger partial charge in [0, 0.05) is 26.7 Å². The van der Waals surface area contributed by atoms with Gasteiger partial charge in [0.05, 0.1) is 5.60 Å². The summed E-state index contributed by atoms with van der Waals surface area (Å²) >= 11 is 0. The third kappa shape index (κ3) is 6.99. The SMILES string of the molecule is COCCC(C)(O)CNCCCN1CCCC1. The molecule has 0 aliphatic carbocycles. The summed E-state index contributed by atoms with van der Waals surface area (Å²) in [6.45, 7) is 7.84. The molecular formula is C13H28N2O2. The summed E-state index contributed by atoms with van der Waals surface area (Å²) in [6.07, 6.45) is 4.57. The second-order valence-electron chi connectivity index (χ2n) is 5.32. The fourth-order valence-electron chi connectivity index (χ4n) is 2.20. The van der Waals surface area contributed by atoms with Crippen molar-refractivity contribution in [2.45, 2.75) is 38.2 Å². The van der Waals surface area contributed by atoms with E-state index in [4.69, 9.17) is 4.74 Å². The van der Waals surface area contributed by atoms with Gasteiger partial charge in [-0.25, -0.2) is 0 Å². The van der Waals surface area contributed by atoms with Crippen molar-refractivity contribution in [3.05, 3.63) is 0 Å². The fourth-order valence-corrected chi connectivity index (χ4v) is 2.20. The van der Waals surface area contributed by atoms with Crippen LogP contribution in [0.2, 0.25) is 0 Å². The van der Waals surface area contributed by atoms with Crippen LogP contribution in [0, 0.1) is 0 Å². The first-order chi connectivity index (χ1) is 8.14. The molecule has 0 aromatic carbocycles. The van der Waals surface area contributed by atoms with Crippen molar-refractivity contribution in [2.24, 2.45) is 0 Å². The molecule has 1 aliphatic rings. The van der Waals surface area contributed by atoms with Gasteiger partial charge in [-0.1, -0.05) is 0 Å². The largest absolute Gasteiger partial charge is 0.389 e. The molecular weight excluding hydrogens is 216 g/mol. The number of ether oxygens (including phenoxy) is 1. The van der Waals surface area contributed by atoms with Crippen LogP contribution in [0.15, 0.2) is 0 Å². The summed E-state index contributed by atoms with van der Waals surface area (Å²) in [5.41, 5.74) is -0.649. The minimum absolute atomic E-state index is 0.614. The van der Waals surface area contributed by atoms with E-state index >= 15 is 0 Å². The van der Waals surface area contributed by atoms with Crippen LogP contribution in [0.25, 0.3) is 0 Å². The zero-order valence-corrected chi connectivity index (χ0v) is 11.4. The molecule has 2 N–H and O–H groups in total. The maximum atomic E-state index is 10.0. The summed E-state index contributed by atoms with van der Waals surface area (Å²) in [5, 5.41) is 13.3. The van der Waals surface area contributed by atoms with Gasteiger partial charge in [0.15, 0.2) is 0 Å². The van der Waals surface area contributed by atoms with Gasteiger partial charge in [-0.15, -0.1) is 0 Å². The predicted octanol–water partition coefficient (Wildman–Crippen LogP) is 0.849. The molecule has 1 saturated heterocycles. The number of nitrogens with one attached hydrogen (secondary N) is 1. The molecule has 0 aromatic heterocycles. The van der Waals surface area contributed by atoms with Gasteiger partial charge < -0.3 is 20.1 Å². The Morgan fingerprint density at radius 3 is 2.71 bits per heavy atom. The minimum atomic E-state index is -0.649. The molecule has 0 bridgehead atoms. The summed E-state index contributed by atoms with van der Waals surface area (Å²) in [6, 6.07) is 0. The van der Waals surface area contributed by atoms with Gasteiger partial charge in [-0.3, -0.25) is 0 Å². The van der Waals surface area contributed by atoms with Gasteiger partial charge in [0.1, 0.15) is 0 Å². The maximum absolute atomic E-state index is 10.0. The number of rotatable bonds is 9. The first-order valence-electron chi connectivity index (χ1n) is 6.78. The van der Waals surface area contributed by atoms with Gasteiger partial charge in [0.25, 0.3) is 0 Å². The highest BCUT2D eigenvalue weighted by Gasteiger charge is 2.19. The van der Waals surface area contributed by atoms with E-state index in [-0.39, 0.29) is 0 Å². The average molecular weight is 244 g/mol. The third-order valence-corrected chi connectivity index (χ3v) is 3.38. The fraction of sp³-hybridized carbons (Fsp3) is 1.00. The Bertz CT molecular complexity index is 192. The van der Waals surface area contributed by atoms with Gasteiger partial charge in [0.2, 0.25) is 0 Å². The Balaban J connectivity index is 1.95. The number of likely N-dealkylation sites (tertiary alicyclic amines) is 1. The molecule has 1 aliphatic heterocycles. The lowest BCUT2D eigenvalue weighted by atomic mass is 10.0. The smallest absolute Gasteiger partial charge is 0.0765 e. The van der Waals surface area contributed by atoms with E-state index in [9.17, 15) is 5.11 Å². The third-order valence-electron chi connectivity index (χ3n) is 3.38. The first kappa shape index (κ1) is 14.9. The normalized spacial score (nSPS) is 20.6. The molecule has 4 nitrogen and oxygen atoms in total.